The molecule has 0 spiro atoms. The summed E-state index contributed by atoms with van der Waals surface area (Å²) in [6.07, 6.45) is 2.50. The van der Waals surface area contributed by atoms with Crippen LogP contribution in [0.25, 0.3) is 11.1 Å². The average molecular weight is 319 g/mol. The number of anilines is 1. The van der Waals surface area contributed by atoms with E-state index in [9.17, 15) is 0 Å². The molecule has 1 aliphatic heterocycles. The summed E-state index contributed by atoms with van der Waals surface area (Å²) in [7, 11) is 0. The Morgan fingerprint density at radius 2 is 2.32 bits per heavy atom. The monoisotopic (exact) mass is 319 g/mol. The molecule has 3 rings (SSSR count). The number of ether oxygens (including phenoxy) is 1. The summed E-state index contributed by atoms with van der Waals surface area (Å²) in [5.41, 5.74) is 2.55. The summed E-state index contributed by atoms with van der Waals surface area (Å²) in [6, 6.07) is 5.81. The Balaban J connectivity index is 1.61. The SMILES string of the molecule is CC(C)c1nc2cc(NC(=S)NC[C@@H]3CCCO3)ccc2o1. The molecule has 0 bridgehead atoms. The van der Waals surface area contributed by atoms with Gasteiger partial charge in [0.25, 0.3) is 0 Å². The van der Waals surface area contributed by atoms with E-state index >= 15 is 0 Å². The van der Waals surface area contributed by atoms with Crippen LogP contribution in [-0.4, -0.2) is 29.4 Å². The Morgan fingerprint density at radius 1 is 1.45 bits per heavy atom. The third-order valence-corrected chi connectivity index (χ3v) is 3.92. The van der Waals surface area contributed by atoms with Crippen molar-refractivity contribution in [3.63, 3.8) is 0 Å². The lowest BCUT2D eigenvalue weighted by Gasteiger charge is -2.13. The number of thiocarbonyl (C=S) groups is 1. The molecule has 0 radical (unpaired) electrons. The van der Waals surface area contributed by atoms with E-state index in [0.717, 1.165) is 48.7 Å². The molecule has 5 nitrogen and oxygen atoms in total. The molecule has 6 heteroatoms. The van der Waals surface area contributed by atoms with Gasteiger partial charge in [-0.25, -0.2) is 4.98 Å². The van der Waals surface area contributed by atoms with Crippen LogP contribution in [-0.2, 0) is 4.74 Å². The molecule has 22 heavy (non-hydrogen) atoms. The van der Waals surface area contributed by atoms with Crippen LogP contribution in [0.15, 0.2) is 22.6 Å². The van der Waals surface area contributed by atoms with E-state index in [2.05, 4.69) is 29.5 Å². The molecule has 0 aliphatic carbocycles. The van der Waals surface area contributed by atoms with Crippen LogP contribution in [0.5, 0.6) is 0 Å². The molecule has 1 aromatic heterocycles. The van der Waals surface area contributed by atoms with Crippen molar-refractivity contribution in [3.8, 4) is 0 Å². The largest absolute Gasteiger partial charge is 0.440 e. The van der Waals surface area contributed by atoms with Crippen molar-refractivity contribution in [2.75, 3.05) is 18.5 Å². The zero-order valence-electron chi connectivity index (χ0n) is 12.9. The van der Waals surface area contributed by atoms with Gasteiger partial charge in [0.1, 0.15) is 5.52 Å². The van der Waals surface area contributed by atoms with E-state index in [1.165, 1.54) is 0 Å². The lowest BCUT2D eigenvalue weighted by molar-refractivity contribution is 0.114. The van der Waals surface area contributed by atoms with Crippen molar-refractivity contribution >= 4 is 34.1 Å². The zero-order valence-corrected chi connectivity index (χ0v) is 13.7. The fraction of sp³-hybridized carbons (Fsp3) is 0.500. The molecular weight excluding hydrogens is 298 g/mol. The first-order valence-corrected chi connectivity index (χ1v) is 8.09. The Kier molecular flexibility index (Phi) is 4.59. The molecule has 0 saturated carbocycles. The third-order valence-electron chi connectivity index (χ3n) is 3.67. The van der Waals surface area contributed by atoms with Crippen LogP contribution >= 0.6 is 12.2 Å². The normalized spacial score (nSPS) is 18.0. The van der Waals surface area contributed by atoms with Gasteiger partial charge in [-0.3, -0.25) is 0 Å². The highest BCUT2D eigenvalue weighted by atomic mass is 32.1. The van der Waals surface area contributed by atoms with Crippen molar-refractivity contribution in [2.24, 2.45) is 0 Å². The van der Waals surface area contributed by atoms with E-state index in [-0.39, 0.29) is 12.0 Å². The summed E-state index contributed by atoms with van der Waals surface area (Å²) >= 11 is 5.32. The summed E-state index contributed by atoms with van der Waals surface area (Å²) in [4.78, 5) is 4.50. The first-order valence-electron chi connectivity index (χ1n) is 7.69. The van der Waals surface area contributed by atoms with Crippen LogP contribution in [0.3, 0.4) is 0 Å². The van der Waals surface area contributed by atoms with E-state index in [1.54, 1.807) is 0 Å². The number of hydrogen-bond acceptors (Lipinski definition) is 4. The van der Waals surface area contributed by atoms with Crippen LogP contribution in [0.1, 0.15) is 38.5 Å². The summed E-state index contributed by atoms with van der Waals surface area (Å²) < 4.78 is 11.3. The Hall–Kier alpha value is -1.66. The van der Waals surface area contributed by atoms with Gasteiger partial charge in [0, 0.05) is 24.8 Å². The van der Waals surface area contributed by atoms with Crippen molar-refractivity contribution in [1.29, 1.82) is 0 Å². The molecule has 2 heterocycles. The second-order valence-electron chi connectivity index (χ2n) is 5.86. The topological polar surface area (TPSA) is 59.3 Å². The minimum atomic E-state index is 0.270. The first-order chi connectivity index (χ1) is 10.6. The molecule has 1 fully saturated rings. The van der Waals surface area contributed by atoms with Gasteiger partial charge in [-0.05, 0) is 43.3 Å². The van der Waals surface area contributed by atoms with E-state index in [0.29, 0.717) is 5.11 Å². The predicted molar refractivity (Wildman–Crippen MR) is 91.3 cm³/mol. The minimum absolute atomic E-state index is 0.270. The quantitative estimate of drug-likeness (QED) is 0.842. The Morgan fingerprint density at radius 3 is 3.05 bits per heavy atom. The standard InChI is InChI=1S/C16H21N3O2S/c1-10(2)15-19-13-8-11(5-6-14(13)21-15)18-16(22)17-9-12-4-3-7-20-12/h5-6,8,10,12H,3-4,7,9H2,1-2H3,(H2,17,18,22)/t12-/m0/s1. The zero-order chi connectivity index (χ0) is 15.5. The maximum Gasteiger partial charge on any atom is 0.198 e. The molecule has 1 saturated heterocycles. The number of hydrogen-bond donors (Lipinski definition) is 2. The number of benzene rings is 1. The second-order valence-corrected chi connectivity index (χ2v) is 6.27. The van der Waals surface area contributed by atoms with E-state index in [4.69, 9.17) is 21.4 Å². The van der Waals surface area contributed by atoms with Gasteiger partial charge < -0.3 is 19.8 Å². The van der Waals surface area contributed by atoms with Crippen molar-refractivity contribution in [2.45, 2.75) is 38.7 Å². The van der Waals surface area contributed by atoms with E-state index in [1.807, 2.05) is 18.2 Å². The molecule has 2 N–H and O–H groups in total. The molecule has 0 amide bonds. The van der Waals surface area contributed by atoms with Crippen LogP contribution in [0.4, 0.5) is 5.69 Å². The van der Waals surface area contributed by atoms with Crippen LogP contribution in [0.2, 0.25) is 0 Å². The highest BCUT2D eigenvalue weighted by molar-refractivity contribution is 7.80. The number of oxazole rings is 1. The smallest absolute Gasteiger partial charge is 0.198 e. The van der Waals surface area contributed by atoms with Crippen molar-refractivity contribution < 1.29 is 9.15 Å². The molecule has 1 atom stereocenters. The number of aromatic nitrogens is 1. The lowest BCUT2D eigenvalue weighted by Crippen LogP contribution is -2.34. The fourth-order valence-electron chi connectivity index (χ4n) is 2.46. The second kappa shape index (κ2) is 6.62. The molecular formula is C16H21N3O2S. The summed E-state index contributed by atoms with van der Waals surface area (Å²) in [6.45, 7) is 5.73. The lowest BCUT2D eigenvalue weighted by atomic mass is 10.2. The maximum atomic E-state index is 5.70. The maximum absolute atomic E-state index is 5.70. The van der Waals surface area contributed by atoms with Gasteiger partial charge >= 0.3 is 0 Å². The number of fused-ring (bicyclic) bond motifs is 1. The third kappa shape index (κ3) is 3.56. The van der Waals surface area contributed by atoms with Gasteiger partial charge in [-0.15, -0.1) is 0 Å². The van der Waals surface area contributed by atoms with Crippen molar-refractivity contribution in [3.05, 3.63) is 24.1 Å². The highest BCUT2D eigenvalue weighted by Gasteiger charge is 2.15. The number of nitrogens with one attached hydrogen (secondary N) is 2. The van der Waals surface area contributed by atoms with Gasteiger partial charge in [0.2, 0.25) is 0 Å². The highest BCUT2D eigenvalue weighted by Crippen LogP contribution is 2.23. The van der Waals surface area contributed by atoms with Crippen molar-refractivity contribution in [1.82, 2.24) is 10.3 Å². The van der Waals surface area contributed by atoms with Gasteiger partial charge in [-0.1, -0.05) is 13.8 Å². The molecule has 118 valence electrons. The minimum Gasteiger partial charge on any atom is -0.440 e. The van der Waals surface area contributed by atoms with Crippen LogP contribution < -0.4 is 10.6 Å². The number of nitrogens with zero attached hydrogens (tertiary/aromatic N) is 1. The Bertz CT molecular complexity index is 662. The van der Waals surface area contributed by atoms with Gasteiger partial charge in [0.05, 0.1) is 6.10 Å². The first kappa shape index (κ1) is 15.2. The molecule has 0 unspecified atom stereocenters. The average Bonchev–Trinajstić information content (AvgIpc) is 3.14. The summed E-state index contributed by atoms with van der Waals surface area (Å²) in [5, 5.41) is 6.98. The fourth-order valence-corrected chi connectivity index (χ4v) is 2.66. The Labute approximate surface area is 135 Å². The summed E-state index contributed by atoms with van der Waals surface area (Å²) in [5.74, 6) is 1.03. The van der Waals surface area contributed by atoms with Gasteiger partial charge in [-0.2, -0.15) is 0 Å². The predicted octanol–water partition coefficient (Wildman–Crippen LogP) is 3.42. The van der Waals surface area contributed by atoms with E-state index < -0.39 is 0 Å². The molecule has 2 aromatic rings. The number of rotatable bonds is 4. The molecule has 1 aliphatic rings. The molecule has 1 aromatic carbocycles. The van der Waals surface area contributed by atoms with Crippen LogP contribution in [0, 0.1) is 0 Å². The van der Waals surface area contributed by atoms with Gasteiger partial charge in [0.15, 0.2) is 16.6 Å².